The summed E-state index contributed by atoms with van der Waals surface area (Å²) in [5.74, 6) is 0. The second-order valence-corrected chi connectivity index (χ2v) is 3.02. The first-order valence-corrected chi connectivity index (χ1v) is 3.98. The van der Waals surface area contributed by atoms with Crippen molar-refractivity contribution < 1.29 is 1.37 Å². The first-order valence-electron chi connectivity index (χ1n) is 4.48. The maximum absolute atomic E-state index is 11.1. The van der Waals surface area contributed by atoms with E-state index in [9.17, 15) is 9.59 Å². The summed E-state index contributed by atoms with van der Waals surface area (Å²) in [6.45, 7) is 1.94. The highest BCUT2D eigenvalue weighted by Crippen LogP contribution is 2.14. The van der Waals surface area contributed by atoms with Crippen LogP contribution in [0.25, 0.3) is 11.1 Å². The van der Waals surface area contributed by atoms with Gasteiger partial charge in [0.2, 0.25) is 10.9 Å². The topological polar surface area (TPSA) is 34.1 Å². The molecule has 0 aliphatic carbocycles. The van der Waals surface area contributed by atoms with Gasteiger partial charge < -0.3 is 0 Å². The Hall–Kier alpha value is -1.70. The molecule has 2 rings (SSSR count). The zero-order valence-corrected chi connectivity index (χ0v) is 7.13. The van der Waals surface area contributed by atoms with E-state index in [0.29, 0.717) is 5.56 Å². The average molecular weight is 173 g/mol. The average Bonchev–Trinajstić information content (AvgIpc) is 2.21. The normalized spacial score (nSPS) is 11.6. The number of aryl methyl sites for hydroxylation is 1. The van der Waals surface area contributed by atoms with Crippen LogP contribution in [0.1, 0.15) is 6.93 Å². The van der Waals surface area contributed by atoms with Crippen LogP contribution in [0.2, 0.25) is 0 Å². The highest BCUT2D eigenvalue weighted by molar-refractivity contribution is 5.65. The molecule has 0 atom stereocenters. The Morgan fingerprint density at radius 3 is 2.31 bits per heavy atom. The van der Waals surface area contributed by atoms with E-state index in [4.69, 9.17) is 1.37 Å². The van der Waals surface area contributed by atoms with Crippen LogP contribution in [-0.4, -0.2) is 0 Å². The van der Waals surface area contributed by atoms with Gasteiger partial charge in [-0.2, -0.15) is 0 Å². The van der Waals surface area contributed by atoms with Crippen molar-refractivity contribution in [3.8, 4) is 11.1 Å². The van der Waals surface area contributed by atoms with Gasteiger partial charge in [-0.1, -0.05) is 29.8 Å². The molecule has 2 heteroatoms. The fourth-order valence-electron chi connectivity index (χ4n) is 1.20. The molecule has 0 radical (unpaired) electrons. The van der Waals surface area contributed by atoms with E-state index >= 15 is 0 Å². The van der Waals surface area contributed by atoms with Crippen LogP contribution in [0.3, 0.4) is 0 Å². The molecule has 0 amide bonds. The molecule has 2 aromatic carbocycles. The molecule has 2 aromatic rings. The zero-order chi connectivity index (χ0) is 10.3. The smallest absolute Gasteiger partial charge is 0.233 e. The molecule has 0 aromatic heterocycles. The van der Waals surface area contributed by atoms with Crippen molar-refractivity contribution >= 4 is 0 Å². The Morgan fingerprint density at radius 2 is 1.77 bits per heavy atom. The number of hydrogen-bond acceptors (Lipinski definition) is 2. The van der Waals surface area contributed by atoms with Crippen LogP contribution < -0.4 is 10.9 Å². The van der Waals surface area contributed by atoms with Crippen LogP contribution >= 0.6 is 0 Å². The summed E-state index contributed by atoms with van der Waals surface area (Å²) in [6.07, 6.45) is 0. The van der Waals surface area contributed by atoms with Gasteiger partial charge in [0.15, 0.2) is 0 Å². The van der Waals surface area contributed by atoms with E-state index in [1.807, 2.05) is 19.1 Å². The highest BCUT2D eigenvalue weighted by Gasteiger charge is 2.10. The molecule has 0 fully saturated rings. The summed E-state index contributed by atoms with van der Waals surface area (Å²) in [7, 11) is 0. The Bertz CT molecular complexity index is 545. The summed E-state index contributed by atoms with van der Waals surface area (Å²) in [5.41, 5.74) is 0.763. The summed E-state index contributed by atoms with van der Waals surface area (Å²) < 4.78 is 7.31. The largest absolute Gasteiger partial charge is 0.286 e. The molecule has 0 heterocycles. The fraction of sp³-hybridized carbons (Fsp3) is 0.0909. The molecule has 64 valence electrons. The maximum Gasteiger partial charge on any atom is 0.233 e. The SMILES string of the molecule is [2H]c1c(-c2ccc(C)cc2)c(=O)c1=O. The molecule has 2 nitrogen and oxygen atoms in total. The fourth-order valence-corrected chi connectivity index (χ4v) is 1.20. The van der Waals surface area contributed by atoms with E-state index in [1.54, 1.807) is 12.1 Å². The molecule has 0 spiro atoms. The van der Waals surface area contributed by atoms with E-state index in [1.165, 1.54) is 0 Å². The Kier molecular flexibility index (Phi) is 1.39. The van der Waals surface area contributed by atoms with Crippen molar-refractivity contribution in [2.24, 2.45) is 0 Å². The summed E-state index contributed by atoms with van der Waals surface area (Å²) in [6, 6.07) is 7.05. The van der Waals surface area contributed by atoms with Gasteiger partial charge in [0.25, 0.3) is 0 Å². The van der Waals surface area contributed by atoms with Crippen LogP contribution in [0.15, 0.2) is 39.9 Å². The molecular weight excluding hydrogens is 164 g/mol. The Labute approximate surface area is 76.6 Å². The van der Waals surface area contributed by atoms with E-state index in [2.05, 4.69) is 0 Å². The molecule has 0 aliphatic rings. The maximum atomic E-state index is 11.1. The predicted octanol–water partition coefficient (Wildman–Crippen LogP) is 1.26. The number of rotatable bonds is 1. The summed E-state index contributed by atoms with van der Waals surface area (Å²) in [4.78, 5) is 21.9. The van der Waals surface area contributed by atoms with Crippen LogP contribution in [0.5, 0.6) is 0 Å². The minimum Gasteiger partial charge on any atom is -0.286 e. The quantitative estimate of drug-likeness (QED) is 0.608. The molecule has 0 bridgehead atoms. The molecule has 13 heavy (non-hydrogen) atoms. The van der Waals surface area contributed by atoms with Crippen LogP contribution in [0, 0.1) is 6.92 Å². The summed E-state index contributed by atoms with van der Waals surface area (Å²) >= 11 is 0. The third-order valence-electron chi connectivity index (χ3n) is 2.01. The van der Waals surface area contributed by atoms with Gasteiger partial charge >= 0.3 is 0 Å². The molecule has 0 unspecified atom stereocenters. The predicted molar refractivity (Wildman–Crippen MR) is 51.5 cm³/mol. The zero-order valence-electron chi connectivity index (χ0n) is 8.13. The van der Waals surface area contributed by atoms with Crippen molar-refractivity contribution in [2.75, 3.05) is 0 Å². The van der Waals surface area contributed by atoms with Crippen molar-refractivity contribution in [1.82, 2.24) is 0 Å². The Morgan fingerprint density at radius 1 is 1.15 bits per heavy atom. The minimum atomic E-state index is -0.680. The minimum absolute atomic E-state index is 0.168. The van der Waals surface area contributed by atoms with Crippen molar-refractivity contribution in [1.29, 1.82) is 0 Å². The van der Waals surface area contributed by atoms with Gasteiger partial charge in [0.05, 0.1) is 1.37 Å². The second-order valence-electron chi connectivity index (χ2n) is 3.02. The van der Waals surface area contributed by atoms with E-state index in [-0.39, 0.29) is 11.6 Å². The first-order chi connectivity index (χ1) is 6.61. The molecular formula is C11H8O2. The third kappa shape index (κ3) is 1.20. The molecule has 0 N–H and O–H groups in total. The third-order valence-corrected chi connectivity index (χ3v) is 2.01. The van der Waals surface area contributed by atoms with Crippen molar-refractivity contribution in [3.05, 3.63) is 56.3 Å². The molecule has 0 aliphatic heterocycles. The second kappa shape index (κ2) is 2.66. The van der Waals surface area contributed by atoms with Gasteiger partial charge in [-0.25, -0.2) is 0 Å². The van der Waals surface area contributed by atoms with Gasteiger partial charge in [-0.05, 0) is 12.5 Å². The lowest BCUT2D eigenvalue weighted by Crippen LogP contribution is -2.30. The summed E-state index contributed by atoms with van der Waals surface area (Å²) in [5, 5.41) is 0. The van der Waals surface area contributed by atoms with E-state index in [0.717, 1.165) is 5.56 Å². The monoisotopic (exact) mass is 173 g/mol. The molecule has 0 saturated heterocycles. The van der Waals surface area contributed by atoms with Gasteiger partial charge in [0, 0.05) is 11.6 Å². The Balaban J connectivity index is 2.58. The lowest BCUT2D eigenvalue weighted by Gasteiger charge is -2.01. The standard InChI is InChI=1S/C11H8O2/c1-7-2-4-8(5-3-7)9-6-10(12)11(9)13/h2-6H,1H3/i6D. The lowest BCUT2D eigenvalue weighted by atomic mass is 10.0. The number of benzene rings is 1. The van der Waals surface area contributed by atoms with Crippen LogP contribution in [-0.2, 0) is 0 Å². The lowest BCUT2D eigenvalue weighted by molar-refractivity contribution is 1.39. The van der Waals surface area contributed by atoms with Gasteiger partial charge in [-0.3, -0.25) is 9.59 Å². The van der Waals surface area contributed by atoms with Gasteiger partial charge in [-0.15, -0.1) is 0 Å². The van der Waals surface area contributed by atoms with Crippen molar-refractivity contribution in [3.63, 3.8) is 0 Å². The van der Waals surface area contributed by atoms with E-state index < -0.39 is 10.9 Å². The van der Waals surface area contributed by atoms with Gasteiger partial charge in [0.1, 0.15) is 0 Å². The first kappa shape index (κ1) is 6.78. The number of hydrogen-bond donors (Lipinski definition) is 0. The van der Waals surface area contributed by atoms with Crippen LogP contribution in [0.4, 0.5) is 0 Å². The highest BCUT2D eigenvalue weighted by atomic mass is 16.2. The molecule has 0 saturated carbocycles. The van der Waals surface area contributed by atoms with Crippen molar-refractivity contribution in [2.45, 2.75) is 6.92 Å².